The van der Waals surface area contributed by atoms with E-state index in [1.165, 1.54) is 12.1 Å². The van der Waals surface area contributed by atoms with Crippen molar-refractivity contribution in [2.24, 2.45) is 0 Å². The number of carboxylic acid groups (broad SMARTS) is 1. The predicted octanol–water partition coefficient (Wildman–Crippen LogP) is 0.168. The second-order valence-corrected chi connectivity index (χ2v) is 5.83. The van der Waals surface area contributed by atoms with Crippen molar-refractivity contribution in [1.82, 2.24) is 15.0 Å². The van der Waals surface area contributed by atoms with Gasteiger partial charge in [-0.15, -0.1) is 5.10 Å². The summed E-state index contributed by atoms with van der Waals surface area (Å²) in [4.78, 5) is 10.5. The molecule has 8 nitrogen and oxygen atoms in total. The smallest absolute Gasteiger partial charge is 0.305 e. The molecule has 0 radical (unpaired) electrons. The summed E-state index contributed by atoms with van der Waals surface area (Å²) in [6.45, 7) is -0.0432. The Bertz CT molecular complexity index is 724. The number of nitrogen functional groups attached to an aromatic ring is 1. The minimum absolute atomic E-state index is 0.0432. The Morgan fingerprint density at radius 2 is 1.95 bits per heavy atom. The number of carboxylic acids is 1. The molecule has 3 N–H and O–H groups in total. The quantitative estimate of drug-likeness (QED) is 0.804. The number of anilines is 1. The lowest BCUT2D eigenvalue weighted by atomic mass is 10.4. The average molecular weight is 296 g/mol. The summed E-state index contributed by atoms with van der Waals surface area (Å²) in [7, 11) is -3.85. The van der Waals surface area contributed by atoms with Gasteiger partial charge in [0.2, 0.25) is 14.9 Å². The van der Waals surface area contributed by atoms with Gasteiger partial charge in [0.05, 0.1) is 17.9 Å². The first-order valence-corrected chi connectivity index (χ1v) is 7.12. The molecule has 0 fully saturated rings. The molecule has 0 aliphatic heterocycles. The van der Waals surface area contributed by atoms with Crippen molar-refractivity contribution < 1.29 is 18.3 Å². The van der Waals surface area contributed by atoms with Gasteiger partial charge in [-0.05, 0) is 12.1 Å². The molecule has 2 rings (SSSR count). The number of hydrogen-bond donors (Lipinski definition) is 2. The topological polar surface area (TPSA) is 128 Å². The summed E-state index contributed by atoms with van der Waals surface area (Å²) in [5.41, 5.74) is 5.68. The Kier molecular flexibility index (Phi) is 3.70. The Labute approximate surface area is 114 Å². The fourth-order valence-electron chi connectivity index (χ4n) is 1.57. The normalized spacial score (nSPS) is 11.4. The minimum Gasteiger partial charge on any atom is -0.481 e. The summed E-state index contributed by atoms with van der Waals surface area (Å²) in [6, 6.07) is 7.69. The van der Waals surface area contributed by atoms with Gasteiger partial charge in [-0.1, -0.05) is 23.4 Å². The zero-order valence-corrected chi connectivity index (χ0v) is 11.1. The van der Waals surface area contributed by atoms with Gasteiger partial charge in [0.25, 0.3) is 0 Å². The maximum Gasteiger partial charge on any atom is 0.305 e. The maximum absolute atomic E-state index is 12.3. The van der Waals surface area contributed by atoms with Crippen molar-refractivity contribution in [3.63, 3.8) is 0 Å². The molecule has 0 aliphatic rings. The lowest BCUT2D eigenvalue weighted by Crippen LogP contribution is -2.10. The number of aliphatic carboxylic acids is 1. The Hall–Kier alpha value is -2.42. The highest BCUT2D eigenvalue weighted by Gasteiger charge is 2.26. The van der Waals surface area contributed by atoms with Crippen LogP contribution in [0.5, 0.6) is 0 Å². The average Bonchev–Trinajstić information content (AvgIpc) is 2.79. The largest absolute Gasteiger partial charge is 0.481 e. The Balaban J connectivity index is 2.37. The molecule has 0 saturated carbocycles. The predicted molar refractivity (Wildman–Crippen MR) is 68.6 cm³/mol. The number of aromatic nitrogens is 3. The summed E-state index contributed by atoms with van der Waals surface area (Å²) >= 11 is 0. The molecule has 1 heterocycles. The van der Waals surface area contributed by atoms with E-state index in [-0.39, 0.29) is 28.7 Å². The van der Waals surface area contributed by atoms with Crippen LogP contribution in [0.4, 0.5) is 5.82 Å². The van der Waals surface area contributed by atoms with E-state index in [0.29, 0.717) is 0 Å². The number of hydrogen-bond acceptors (Lipinski definition) is 6. The summed E-state index contributed by atoms with van der Waals surface area (Å²) in [5.74, 6) is -1.21. The van der Waals surface area contributed by atoms with Crippen LogP contribution in [0.3, 0.4) is 0 Å². The third-order valence-corrected chi connectivity index (χ3v) is 4.28. The van der Waals surface area contributed by atoms with Gasteiger partial charge in [0, 0.05) is 0 Å². The van der Waals surface area contributed by atoms with Crippen LogP contribution in [0.1, 0.15) is 6.42 Å². The van der Waals surface area contributed by atoms with Gasteiger partial charge in [-0.25, -0.2) is 13.1 Å². The minimum atomic E-state index is -3.85. The number of carbonyl (C=O) groups is 1. The third kappa shape index (κ3) is 2.62. The van der Waals surface area contributed by atoms with Gasteiger partial charge in [0.15, 0.2) is 5.82 Å². The van der Waals surface area contributed by atoms with E-state index in [1.807, 2.05) is 0 Å². The van der Waals surface area contributed by atoms with Crippen LogP contribution in [0.25, 0.3) is 0 Å². The van der Waals surface area contributed by atoms with Crippen LogP contribution >= 0.6 is 0 Å². The van der Waals surface area contributed by atoms with Crippen LogP contribution in [0.15, 0.2) is 40.3 Å². The van der Waals surface area contributed by atoms with Gasteiger partial charge in [-0.3, -0.25) is 4.79 Å². The van der Waals surface area contributed by atoms with Crippen molar-refractivity contribution >= 4 is 21.6 Å². The van der Waals surface area contributed by atoms with E-state index in [9.17, 15) is 13.2 Å². The second kappa shape index (κ2) is 5.29. The number of rotatable bonds is 5. The second-order valence-electron chi connectivity index (χ2n) is 3.96. The number of nitrogens with two attached hydrogens (primary N) is 1. The number of benzene rings is 1. The van der Waals surface area contributed by atoms with E-state index >= 15 is 0 Å². The summed E-state index contributed by atoms with van der Waals surface area (Å²) < 4.78 is 25.6. The molecule has 20 heavy (non-hydrogen) atoms. The van der Waals surface area contributed by atoms with E-state index in [4.69, 9.17) is 10.8 Å². The maximum atomic E-state index is 12.3. The van der Waals surface area contributed by atoms with E-state index < -0.39 is 15.8 Å². The van der Waals surface area contributed by atoms with Gasteiger partial charge in [0.1, 0.15) is 0 Å². The van der Waals surface area contributed by atoms with E-state index in [2.05, 4.69) is 10.3 Å². The molecule has 9 heteroatoms. The fraction of sp³-hybridized carbons (Fsp3) is 0.182. The fourth-order valence-corrected chi connectivity index (χ4v) is 2.84. The molecule has 0 aliphatic carbocycles. The molecular formula is C11H12N4O4S. The van der Waals surface area contributed by atoms with Crippen LogP contribution in [0.2, 0.25) is 0 Å². The molecule has 0 spiro atoms. The molecule has 0 atom stereocenters. The third-order valence-electron chi connectivity index (χ3n) is 2.59. The molecule has 0 unspecified atom stereocenters. The molecule has 106 valence electrons. The summed E-state index contributed by atoms with van der Waals surface area (Å²) in [5, 5.41) is 15.4. The highest BCUT2D eigenvalue weighted by atomic mass is 32.2. The van der Waals surface area contributed by atoms with Crippen LogP contribution in [-0.4, -0.2) is 34.5 Å². The monoisotopic (exact) mass is 296 g/mol. The SMILES string of the molecule is Nc1c(S(=O)(=O)c2ccccc2)nnn1CCC(=O)O. The number of aryl methyl sites for hydroxylation is 1. The standard InChI is InChI=1S/C11H12N4O4S/c12-10-11(13-14-15(10)7-6-9(16)17)20(18,19)8-4-2-1-3-5-8/h1-5H,6-7,12H2,(H,16,17). The van der Waals surface area contributed by atoms with Crippen LogP contribution in [0, 0.1) is 0 Å². The van der Waals surface area contributed by atoms with Gasteiger partial charge >= 0.3 is 5.97 Å². The van der Waals surface area contributed by atoms with Crippen LogP contribution < -0.4 is 5.73 Å². The highest BCUT2D eigenvalue weighted by molar-refractivity contribution is 7.91. The molecular weight excluding hydrogens is 284 g/mol. The number of sulfone groups is 1. The first-order chi connectivity index (χ1) is 9.43. The van der Waals surface area contributed by atoms with Crippen molar-refractivity contribution in [2.75, 3.05) is 5.73 Å². The van der Waals surface area contributed by atoms with E-state index in [0.717, 1.165) is 4.68 Å². The zero-order valence-electron chi connectivity index (χ0n) is 10.3. The van der Waals surface area contributed by atoms with Crippen LogP contribution in [-0.2, 0) is 21.2 Å². The molecule has 2 aromatic rings. The first-order valence-electron chi connectivity index (χ1n) is 5.64. The first kappa shape index (κ1) is 14.0. The highest BCUT2D eigenvalue weighted by Crippen LogP contribution is 2.23. The van der Waals surface area contributed by atoms with Crippen molar-refractivity contribution in [2.45, 2.75) is 22.9 Å². The number of nitrogens with zero attached hydrogens (tertiary/aromatic N) is 3. The Morgan fingerprint density at radius 3 is 2.55 bits per heavy atom. The van der Waals surface area contributed by atoms with Crippen molar-refractivity contribution in [3.8, 4) is 0 Å². The zero-order chi connectivity index (χ0) is 14.8. The molecule has 1 aromatic heterocycles. The lowest BCUT2D eigenvalue weighted by Gasteiger charge is -2.03. The van der Waals surface area contributed by atoms with Gasteiger partial charge < -0.3 is 10.8 Å². The Morgan fingerprint density at radius 1 is 1.30 bits per heavy atom. The van der Waals surface area contributed by atoms with Gasteiger partial charge in [-0.2, -0.15) is 0 Å². The van der Waals surface area contributed by atoms with Crippen molar-refractivity contribution in [1.29, 1.82) is 0 Å². The molecule has 1 aromatic carbocycles. The summed E-state index contributed by atoms with van der Waals surface area (Å²) in [6.07, 6.45) is -0.224. The van der Waals surface area contributed by atoms with E-state index in [1.54, 1.807) is 18.2 Å². The molecule has 0 amide bonds. The van der Waals surface area contributed by atoms with Crippen molar-refractivity contribution in [3.05, 3.63) is 30.3 Å². The lowest BCUT2D eigenvalue weighted by molar-refractivity contribution is -0.137. The molecule has 0 saturated heterocycles. The molecule has 0 bridgehead atoms.